The molecule has 1 aliphatic heterocycles. The van der Waals surface area contributed by atoms with E-state index in [4.69, 9.17) is 14.2 Å². The van der Waals surface area contributed by atoms with Gasteiger partial charge in [-0.3, -0.25) is 9.47 Å². The van der Waals surface area contributed by atoms with Gasteiger partial charge in [-0.25, -0.2) is 28.3 Å². The predicted octanol–water partition coefficient (Wildman–Crippen LogP) is 5.70. The van der Waals surface area contributed by atoms with Crippen LogP contribution in [-0.4, -0.2) is 67.9 Å². The molecule has 0 N–H and O–H groups in total. The maximum Gasteiger partial charge on any atom is 0.419 e. The van der Waals surface area contributed by atoms with Crippen LogP contribution in [0, 0.1) is 18.3 Å². The van der Waals surface area contributed by atoms with E-state index in [1.54, 1.807) is 66.7 Å². The third kappa shape index (κ3) is 5.98. The number of carbonyl (C=O) groups is 2. The van der Waals surface area contributed by atoms with Crippen LogP contribution in [0.3, 0.4) is 0 Å². The highest BCUT2D eigenvalue weighted by atomic mass is 19.3. The fraction of sp³-hybridized carbons (Fsp3) is 0.464. The minimum Gasteiger partial charge on any atom is -0.465 e. The molecule has 0 radical (unpaired) electrons. The van der Waals surface area contributed by atoms with E-state index in [-0.39, 0.29) is 23.7 Å². The molecule has 0 saturated carbocycles. The van der Waals surface area contributed by atoms with E-state index in [2.05, 4.69) is 16.0 Å². The van der Waals surface area contributed by atoms with Gasteiger partial charge in [0.25, 0.3) is 0 Å². The number of para-hydroxylation sites is 1. The van der Waals surface area contributed by atoms with E-state index in [9.17, 15) is 23.6 Å². The second kappa shape index (κ2) is 10.0. The zero-order valence-electron chi connectivity index (χ0n) is 23.4. The SMILES string of the molecule is Cc1nc(-c2cn(C(=O)OC(C)(C)C)c3c(C#N)cccc23)cnc1OC1CN(C(=O)OC(C)(C)C)CC1(F)F. The molecule has 1 saturated heterocycles. The van der Waals surface area contributed by atoms with Gasteiger partial charge in [-0.15, -0.1) is 0 Å². The van der Waals surface area contributed by atoms with Crippen molar-refractivity contribution in [1.29, 1.82) is 5.26 Å². The molecule has 4 rings (SSSR count). The summed E-state index contributed by atoms with van der Waals surface area (Å²) in [6.07, 6.45) is -0.323. The van der Waals surface area contributed by atoms with Crippen molar-refractivity contribution >= 4 is 23.1 Å². The highest BCUT2D eigenvalue weighted by Crippen LogP contribution is 2.35. The first-order valence-corrected chi connectivity index (χ1v) is 12.6. The molecular formula is C28H31F2N5O5. The van der Waals surface area contributed by atoms with Crippen molar-refractivity contribution in [3.8, 4) is 23.2 Å². The fourth-order valence-corrected chi connectivity index (χ4v) is 4.23. The minimum atomic E-state index is -3.34. The summed E-state index contributed by atoms with van der Waals surface area (Å²) in [4.78, 5) is 35.0. The summed E-state index contributed by atoms with van der Waals surface area (Å²) in [5.41, 5.74) is 0.0525. The summed E-state index contributed by atoms with van der Waals surface area (Å²) in [6, 6.07) is 7.09. The number of alkyl halides is 2. The zero-order valence-corrected chi connectivity index (χ0v) is 23.4. The first-order valence-electron chi connectivity index (χ1n) is 12.6. The number of halogens is 2. The molecule has 1 fully saturated rings. The first kappa shape index (κ1) is 28.7. The lowest BCUT2D eigenvalue weighted by Gasteiger charge is -2.24. The van der Waals surface area contributed by atoms with Gasteiger partial charge in [0.1, 0.15) is 23.0 Å². The number of benzene rings is 1. The summed E-state index contributed by atoms with van der Waals surface area (Å²) in [5, 5.41) is 10.2. The van der Waals surface area contributed by atoms with Gasteiger partial charge in [0.05, 0.1) is 36.1 Å². The molecule has 0 bridgehead atoms. The van der Waals surface area contributed by atoms with Crippen LogP contribution in [-0.2, 0) is 9.47 Å². The quantitative estimate of drug-likeness (QED) is 0.404. The minimum absolute atomic E-state index is 0.118. The number of nitriles is 1. The largest absolute Gasteiger partial charge is 0.465 e. The van der Waals surface area contributed by atoms with Crippen molar-refractivity contribution in [1.82, 2.24) is 19.4 Å². The molecule has 3 aromatic rings. The Morgan fingerprint density at radius 3 is 2.35 bits per heavy atom. The van der Waals surface area contributed by atoms with Gasteiger partial charge in [-0.2, -0.15) is 5.26 Å². The number of rotatable bonds is 3. The zero-order chi connectivity index (χ0) is 29.6. The van der Waals surface area contributed by atoms with Gasteiger partial charge in [0.2, 0.25) is 5.88 Å². The smallest absolute Gasteiger partial charge is 0.419 e. The van der Waals surface area contributed by atoms with Crippen molar-refractivity contribution in [3.05, 3.63) is 41.9 Å². The number of amides is 1. The summed E-state index contributed by atoms with van der Waals surface area (Å²) in [6.45, 7) is 10.5. The molecule has 1 aliphatic rings. The molecule has 212 valence electrons. The second-order valence-corrected chi connectivity index (χ2v) is 11.6. The van der Waals surface area contributed by atoms with Crippen LogP contribution < -0.4 is 4.74 Å². The molecule has 1 aromatic carbocycles. The number of likely N-dealkylation sites (tertiary alicyclic amines) is 1. The fourth-order valence-electron chi connectivity index (χ4n) is 4.23. The number of carbonyl (C=O) groups excluding carboxylic acids is 2. The van der Waals surface area contributed by atoms with E-state index in [1.807, 2.05) is 0 Å². The Kier molecular flexibility index (Phi) is 7.21. The Bertz CT molecular complexity index is 1510. The van der Waals surface area contributed by atoms with E-state index in [0.29, 0.717) is 22.2 Å². The molecule has 1 unspecified atom stereocenters. The summed E-state index contributed by atoms with van der Waals surface area (Å²) >= 11 is 0. The summed E-state index contributed by atoms with van der Waals surface area (Å²) < 4.78 is 47.1. The van der Waals surface area contributed by atoms with Gasteiger partial charge in [0.15, 0.2) is 6.10 Å². The average Bonchev–Trinajstić information content (AvgIpc) is 3.36. The molecule has 12 heteroatoms. The van der Waals surface area contributed by atoms with Crippen LogP contribution in [0.4, 0.5) is 18.4 Å². The van der Waals surface area contributed by atoms with Crippen molar-refractivity contribution in [3.63, 3.8) is 0 Å². The van der Waals surface area contributed by atoms with Crippen LogP contribution in [0.5, 0.6) is 5.88 Å². The predicted molar refractivity (Wildman–Crippen MR) is 141 cm³/mol. The first-order chi connectivity index (χ1) is 18.5. The van der Waals surface area contributed by atoms with Gasteiger partial charge < -0.3 is 14.2 Å². The molecule has 2 aromatic heterocycles. The lowest BCUT2D eigenvalue weighted by molar-refractivity contribution is -0.0640. The molecule has 40 heavy (non-hydrogen) atoms. The normalized spacial score (nSPS) is 17.0. The Balaban J connectivity index is 1.64. The van der Waals surface area contributed by atoms with Gasteiger partial charge in [-0.1, -0.05) is 12.1 Å². The number of fused-ring (bicyclic) bond motifs is 1. The molecular weight excluding hydrogens is 524 g/mol. The lowest BCUT2D eigenvalue weighted by Crippen LogP contribution is -2.37. The van der Waals surface area contributed by atoms with Crippen molar-refractivity contribution < 1.29 is 32.6 Å². The highest BCUT2D eigenvalue weighted by Gasteiger charge is 2.52. The molecule has 10 nitrogen and oxygen atoms in total. The van der Waals surface area contributed by atoms with Crippen LogP contribution >= 0.6 is 0 Å². The Morgan fingerprint density at radius 1 is 1.10 bits per heavy atom. The number of aromatic nitrogens is 3. The van der Waals surface area contributed by atoms with Gasteiger partial charge >= 0.3 is 18.1 Å². The summed E-state index contributed by atoms with van der Waals surface area (Å²) in [7, 11) is 0. The van der Waals surface area contributed by atoms with Crippen LogP contribution in [0.2, 0.25) is 0 Å². The standard InChI is InChI=1S/C28H31F2N5O5/c1-16-23(38-21-14-34(15-28(21,29)30)24(36)39-26(2,3)4)32-12-20(33-16)19-13-35(25(37)40-27(5,6)7)22-17(11-31)9-8-10-18(19)22/h8-10,12-13,21H,14-15H2,1-7H3. The maximum atomic E-state index is 14.8. The summed E-state index contributed by atoms with van der Waals surface area (Å²) in [5.74, 6) is -3.45. The van der Waals surface area contributed by atoms with Gasteiger partial charge in [0, 0.05) is 17.1 Å². The van der Waals surface area contributed by atoms with E-state index < -0.39 is 42.0 Å². The van der Waals surface area contributed by atoms with Crippen LogP contribution in [0.1, 0.15) is 52.8 Å². The van der Waals surface area contributed by atoms with Crippen molar-refractivity contribution in [2.75, 3.05) is 13.1 Å². The Morgan fingerprint density at radius 2 is 1.75 bits per heavy atom. The van der Waals surface area contributed by atoms with E-state index in [1.165, 1.54) is 17.0 Å². The van der Waals surface area contributed by atoms with Crippen LogP contribution in [0.15, 0.2) is 30.6 Å². The van der Waals surface area contributed by atoms with E-state index >= 15 is 0 Å². The van der Waals surface area contributed by atoms with E-state index in [0.717, 1.165) is 4.90 Å². The monoisotopic (exact) mass is 555 g/mol. The second-order valence-electron chi connectivity index (χ2n) is 11.6. The molecule has 1 amide bonds. The highest BCUT2D eigenvalue weighted by molar-refractivity contribution is 6.02. The third-order valence-electron chi connectivity index (χ3n) is 5.88. The molecule has 3 heterocycles. The third-order valence-corrected chi connectivity index (χ3v) is 5.88. The van der Waals surface area contributed by atoms with Crippen molar-refractivity contribution in [2.45, 2.75) is 71.7 Å². The van der Waals surface area contributed by atoms with Crippen LogP contribution in [0.25, 0.3) is 22.2 Å². The number of nitrogens with zero attached hydrogens (tertiary/aromatic N) is 5. The maximum absolute atomic E-state index is 14.8. The van der Waals surface area contributed by atoms with Gasteiger partial charge in [-0.05, 0) is 54.5 Å². The molecule has 1 atom stereocenters. The number of aryl methyl sites for hydroxylation is 1. The molecule has 0 spiro atoms. The average molecular weight is 556 g/mol. The Hall–Kier alpha value is -4.27. The number of hydrogen-bond acceptors (Lipinski definition) is 8. The number of ether oxygens (including phenoxy) is 3. The van der Waals surface area contributed by atoms with Crippen molar-refractivity contribution in [2.24, 2.45) is 0 Å². The number of hydrogen-bond donors (Lipinski definition) is 0. The lowest BCUT2D eigenvalue weighted by atomic mass is 10.1. The Labute approximate surface area is 230 Å². The molecule has 0 aliphatic carbocycles. The topological polar surface area (TPSA) is 120 Å².